The van der Waals surface area contributed by atoms with E-state index in [0.717, 1.165) is 19.4 Å². The van der Waals surface area contributed by atoms with Gasteiger partial charge in [-0.1, -0.05) is 6.92 Å². The molecule has 0 radical (unpaired) electrons. The van der Waals surface area contributed by atoms with Crippen molar-refractivity contribution in [2.24, 2.45) is 0 Å². The van der Waals surface area contributed by atoms with E-state index in [-0.39, 0.29) is 11.6 Å². The number of aliphatic hydroxyl groups excluding tert-OH is 1. The zero-order chi connectivity index (χ0) is 9.19. The summed E-state index contributed by atoms with van der Waals surface area (Å²) in [6.07, 6.45) is 3.00. The average Bonchev–Trinajstić information content (AvgIpc) is 1.94. The third-order valence-corrected chi connectivity index (χ3v) is 2.82. The van der Waals surface area contributed by atoms with E-state index >= 15 is 0 Å². The normalized spacial score (nSPS) is 30.5. The SMILES string of the molecule is CCCN1CCC(O)CC1(C)C. The number of nitrogens with zero attached hydrogens (tertiary/aromatic N) is 1. The molecule has 72 valence electrons. The monoisotopic (exact) mass is 171 g/mol. The standard InChI is InChI=1S/C10H21NO/c1-4-6-11-7-5-9(12)8-10(11,2)3/h9,12H,4-8H2,1-3H3. The first-order chi connectivity index (χ1) is 5.56. The summed E-state index contributed by atoms with van der Waals surface area (Å²) in [6, 6.07) is 0. The zero-order valence-corrected chi connectivity index (χ0v) is 8.51. The van der Waals surface area contributed by atoms with Crippen LogP contribution in [0.5, 0.6) is 0 Å². The molecule has 0 bridgehead atoms. The van der Waals surface area contributed by atoms with E-state index in [1.165, 1.54) is 13.0 Å². The van der Waals surface area contributed by atoms with Crippen molar-refractivity contribution in [3.05, 3.63) is 0 Å². The second-order valence-electron chi connectivity index (χ2n) is 4.45. The van der Waals surface area contributed by atoms with Crippen LogP contribution in [0.4, 0.5) is 0 Å². The Labute approximate surface area is 75.6 Å². The lowest BCUT2D eigenvalue weighted by molar-refractivity contribution is -0.00206. The Bertz CT molecular complexity index is 145. The molecule has 2 nitrogen and oxygen atoms in total. The van der Waals surface area contributed by atoms with Gasteiger partial charge in [-0.2, -0.15) is 0 Å². The van der Waals surface area contributed by atoms with Crippen LogP contribution in [-0.2, 0) is 0 Å². The van der Waals surface area contributed by atoms with E-state index in [1.54, 1.807) is 0 Å². The highest BCUT2D eigenvalue weighted by Gasteiger charge is 2.32. The van der Waals surface area contributed by atoms with E-state index in [2.05, 4.69) is 25.7 Å². The second kappa shape index (κ2) is 3.75. The molecule has 0 aliphatic carbocycles. The Kier molecular flexibility index (Phi) is 3.13. The highest BCUT2D eigenvalue weighted by Crippen LogP contribution is 2.27. The van der Waals surface area contributed by atoms with Gasteiger partial charge in [0.05, 0.1) is 6.10 Å². The van der Waals surface area contributed by atoms with Crippen LogP contribution in [0.25, 0.3) is 0 Å². The lowest BCUT2D eigenvalue weighted by Gasteiger charge is -2.44. The minimum atomic E-state index is -0.0758. The van der Waals surface area contributed by atoms with E-state index < -0.39 is 0 Å². The molecule has 0 amide bonds. The molecule has 0 aromatic carbocycles. The Morgan fingerprint density at radius 1 is 1.50 bits per heavy atom. The summed E-state index contributed by atoms with van der Waals surface area (Å²) in [6.45, 7) is 8.89. The van der Waals surface area contributed by atoms with Gasteiger partial charge in [-0.15, -0.1) is 0 Å². The minimum absolute atomic E-state index is 0.0758. The first-order valence-corrected chi connectivity index (χ1v) is 4.99. The van der Waals surface area contributed by atoms with Crippen LogP contribution < -0.4 is 0 Å². The van der Waals surface area contributed by atoms with Gasteiger partial charge in [0, 0.05) is 12.1 Å². The molecule has 1 rings (SSSR count). The average molecular weight is 171 g/mol. The molecule has 1 N–H and O–H groups in total. The van der Waals surface area contributed by atoms with E-state index in [4.69, 9.17) is 0 Å². The van der Waals surface area contributed by atoms with E-state index in [1.807, 2.05) is 0 Å². The largest absolute Gasteiger partial charge is 0.393 e. The van der Waals surface area contributed by atoms with Gasteiger partial charge in [-0.05, 0) is 39.7 Å². The minimum Gasteiger partial charge on any atom is -0.393 e. The van der Waals surface area contributed by atoms with Gasteiger partial charge in [0.25, 0.3) is 0 Å². The molecule has 12 heavy (non-hydrogen) atoms. The molecule has 0 spiro atoms. The molecule has 1 unspecified atom stereocenters. The van der Waals surface area contributed by atoms with Crippen molar-refractivity contribution >= 4 is 0 Å². The fraction of sp³-hybridized carbons (Fsp3) is 1.00. The molecule has 0 saturated carbocycles. The summed E-state index contributed by atoms with van der Waals surface area (Å²) >= 11 is 0. The molecule has 0 aromatic heterocycles. The molecule has 1 atom stereocenters. The van der Waals surface area contributed by atoms with Crippen LogP contribution in [0.15, 0.2) is 0 Å². The third-order valence-electron chi connectivity index (χ3n) is 2.82. The Morgan fingerprint density at radius 2 is 2.17 bits per heavy atom. The van der Waals surface area contributed by atoms with Crippen molar-refractivity contribution in [1.82, 2.24) is 4.90 Å². The maximum Gasteiger partial charge on any atom is 0.0569 e. The smallest absolute Gasteiger partial charge is 0.0569 e. The van der Waals surface area contributed by atoms with Crippen LogP contribution in [0.2, 0.25) is 0 Å². The van der Waals surface area contributed by atoms with Crippen LogP contribution in [0, 0.1) is 0 Å². The van der Waals surface area contributed by atoms with Crippen LogP contribution in [0.3, 0.4) is 0 Å². The topological polar surface area (TPSA) is 23.5 Å². The van der Waals surface area contributed by atoms with Gasteiger partial charge < -0.3 is 5.11 Å². The highest BCUT2D eigenvalue weighted by molar-refractivity contribution is 4.88. The first kappa shape index (κ1) is 10.0. The first-order valence-electron chi connectivity index (χ1n) is 4.99. The van der Waals surface area contributed by atoms with Crippen LogP contribution in [-0.4, -0.2) is 34.7 Å². The van der Waals surface area contributed by atoms with Crippen molar-refractivity contribution in [1.29, 1.82) is 0 Å². The Morgan fingerprint density at radius 3 is 2.67 bits per heavy atom. The van der Waals surface area contributed by atoms with Crippen molar-refractivity contribution in [2.75, 3.05) is 13.1 Å². The maximum absolute atomic E-state index is 9.50. The molecular formula is C10H21NO. The number of likely N-dealkylation sites (tertiary alicyclic amines) is 1. The number of piperidine rings is 1. The van der Waals surface area contributed by atoms with Gasteiger partial charge in [-0.25, -0.2) is 0 Å². The second-order valence-corrected chi connectivity index (χ2v) is 4.45. The van der Waals surface area contributed by atoms with Crippen molar-refractivity contribution in [3.63, 3.8) is 0 Å². The van der Waals surface area contributed by atoms with Crippen molar-refractivity contribution < 1.29 is 5.11 Å². The van der Waals surface area contributed by atoms with Gasteiger partial charge in [0.2, 0.25) is 0 Å². The Balaban J connectivity index is 2.51. The summed E-state index contributed by atoms with van der Waals surface area (Å²) in [5.74, 6) is 0. The predicted molar refractivity (Wildman–Crippen MR) is 51.2 cm³/mol. The predicted octanol–water partition coefficient (Wildman–Crippen LogP) is 1.63. The van der Waals surface area contributed by atoms with Crippen molar-refractivity contribution in [2.45, 2.75) is 51.7 Å². The summed E-state index contributed by atoms with van der Waals surface area (Å²) in [5, 5.41) is 9.50. The van der Waals surface area contributed by atoms with Gasteiger partial charge in [0.1, 0.15) is 0 Å². The molecule has 1 aliphatic heterocycles. The molecule has 1 heterocycles. The molecular weight excluding hydrogens is 150 g/mol. The quantitative estimate of drug-likeness (QED) is 0.682. The van der Waals surface area contributed by atoms with Gasteiger partial charge in [0.15, 0.2) is 0 Å². The third kappa shape index (κ3) is 2.20. The fourth-order valence-corrected chi connectivity index (χ4v) is 2.10. The Hall–Kier alpha value is -0.0800. The summed E-state index contributed by atoms with van der Waals surface area (Å²) in [7, 11) is 0. The number of hydrogen-bond acceptors (Lipinski definition) is 2. The highest BCUT2D eigenvalue weighted by atomic mass is 16.3. The summed E-state index contributed by atoms with van der Waals surface area (Å²) in [5.41, 5.74) is 0.202. The molecule has 1 saturated heterocycles. The van der Waals surface area contributed by atoms with Gasteiger partial charge >= 0.3 is 0 Å². The fourth-order valence-electron chi connectivity index (χ4n) is 2.10. The molecule has 2 heteroatoms. The lowest BCUT2D eigenvalue weighted by Crippen LogP contribution is -2.51. The summed E-state index contributed by atoms with van der Waals surface area (Å²) < 4.78 is 0. The van der Waals surface area contributed by atoms with Crippen LogP contribution >= 0.6 is 0 Å². The number of rotatable bonds is 2. The van der Waals surface area contributed by atoms with Gasteiger partial charge in [-0.3, -0.25) is 4.90 Å². The van der Waals surface area contributed by atoms with E-state index in [9.17, 15) is 5.11 Å². The molecule has 0 aromatic rings. The molecule has 1 aliphatic rings. The lowest BCUT2D eigenvalue weighted by atomic mass is 9.88. The maximum atomic E-state index is 9.50. The number of aliphatic hydroxyl groups is 1. The van der Waals surface area contributed by atoms with Crippen LogP contribution in [0.1, 0.15) is 40.0 Å². The van der Waals surface area contributed by atoms with E-state index in [0.29, 0.717) is 0 Å². The van der Waals surface area contributed by atoms with Crippen molar-refractivity contribution in [3.8, 4) is 0 Å². The molecule has 1 fully saturated rings. The summed E-state index contributed by atoms with van der Waals surface area (Å²) in [4.78, 5) is 2.49. The number of hydrogen-bond donors (Lipinski definition) is 1. The zero-order valence-electron chi connectivity index (χ0n) is 8.51.